The van der Waals surface area contributed by atoms with Gasteiger partial charge in [-0.05, 0) is 105 Å². The predicted molar refractivity (Wildman–Crippen MR) is 296 cm³/mol. The van der Waals surface area contributed by atoms with E-state index in [4.69, 9.17) is 51.6 Å². The zero-order chi connectivity index (χ0) is 54.3. The number of nitrogens with two attached hydrogens (primary N) is 9. The molecule has 5 atom stereocenters. The molecular weight excluding hydrogens is 946 g/mol. The summed E-state index contributed by atoms with van der Waals surface area (Å²) in [6, 6.07) is -3.12. The Kier molecular flexibility index (Phi) is 39.0. The fourth-order valence-electron chi connectivity index (χ4n) is 7.22. The number of carbonyl (C=O) groups is 4. The van der Waals surface area contributed by atoms with Crippen molar-refractivity contribution in [3.05, 3.63) is 0 Å². The first-order chi connectivity index (χ1) is 34.2. The van der Waals surface area contributed by atoms with Crippen molar-refractivity contribution in [3.63, 3.8) is 0 Å². The minimum absolute atomic E-state index is 0.00813. The second kappa shape index (κ2) is 41.7. The SMILES string of the molecule is CC(N)=NCCCCC(N)C(=O)N(CCNC(=O)C(N)CCCCN=C(N)CF)CCN(CCN(CCNC(=O)C(N)CSCCN=C(C)N)C(=O)C(N)CCCCN=C(C)N)C(C)CCCCN=C(C)N. The molecule has 416 valence electrons. The Balaban J connectivity index is 6.40. The van der Waals surface area contributed by atoms with Gasteiger partial charge in [0.05, 0.1) is 47.5 Å². The summed E-state index contributed by atoms with van der Waals surface area (Å²) in [6.45, 7) is 12.8. The number of amides is 4. The van der Waals surface area contributed by atoms with Crippen LogP contribution in [0.4, 0.5) is 4.39 Å². The van der Waals surface area contributed by atoms with Gasteiger partial charge in [0.2, 0.25) is 23.6 Å². The molecule has 0 saturated heterocycles. The number of nitrogens with zero attached hydrogens (tertiary/aromatic N) is 8. The number of amidine groups is 5. The van der Waals surface area contributed by atoms with Gasteiger partial charge >= 0.3 is 0 Å². The van der Waals surface area contributed by atoms with Crippen LogP contribution in [0.5, 0.6) is 0 Å². The van der Waals surface area contributed by atoms with Crippen LogP contribution >= 0.6 is 11.8 Å². The summed E-state index contributed by atoms with van der Waals surface area (Å²) in [5.74, 6) is 1.79. The zero-order valence-corrected chi connectivity index (χ0v) is 45.2. The Morgan fingerprint density at radius 2 is 0.875 bits per heavy atom. The lowest BCUT2D eigenvalue weighted by atomic mass is 10.1. The Labute approximate surface area is 433 Å². The third kappa shape index (κ3) is 35.4. The van der Waals surface area contributed by atoms with Crippen LogP contribution in [0.25, 0.3) is 0 Å². The second-order valence-electron chi connectivity index (χ2n) is 18.2. The van der Waals surface area contributed by atoms with Crippen LogP contribution in [0.3, 0.4) is 0 Å². The van der Waals surface area contributed by atoms with E-state index >= 15 is 0 Å². The number of unbranched alkanes of at least 4 members (excludes halogenated alkanes) is 4. The van der Waals surface area contributed by atoms with Crippen molar-refractivity contribution in [2.24, 2.45) is 76.6 Å². The molecule has 0 aromatic rings. The van der Waals surface area contributed by atoms with Crippen LogP contribution in [0, 0.1) is 0 Å². The molecule has 0 aromatic heterocycles. The van der Waals surface area contributed by atoms with Gasteiger partial charge in [-0.15, -0.1) is 0 Å². The van der Waals surface area contributed by atoms with E-state index in [1.54, 1.807) is 37.5 Å². The van der Waals surface area contributed by atoms with Crippen LogP contribution in [0.15, 0.2) is 25.0 Å². The van der Waals surface area contributed by atoms with Gasteiger partial charge in [-0.3, -0.25) is 49.0 Å². The van der Waals surface area contributed by atoms with Crippen LogP contribution in [0.1, 0.15) is 112 Å². The summed E-state index contributed by atoms with van der Waals surface area (Å²) >= 11 is 1.50. The van der Waals surface area contributed by atoms with Gasteiger partial charge in [0, 0.05) is 103 Å². The molecule has 0 aliphatic carbocycles. The number of carbonyl (C=O) groups excluding carboxylic acids is 4. The summed E-state index contributed by atoms with van der Waals surface area (Å²) in [6.07, 6.45) is 7.67. The Hall–Kier alpha value is -4.69. The normalized spacial score (nSPS) is 15.0. The molecule has 0 aliphatic heterocycles. The van der Waals surface area contributed by atoms with E-state index in [1.165, 1.54) is 11.8 Å². The molecule has 25 heteroatoms. The van der Waals surface area contributed by atoms with Gasteiger partial charge in [0.25, 0.3) is 0 Å². The van der Waals surface area contributed by atoms with E-state index < -0.39 is 30.8 Å². The summed E-state index contributed by atoms with van der Waals surface area (Å²) < 4.78 is 12.6. The molecule has 0 spiro atoms. The van der Waals surface area contributed by atoms with E-state index in [2.05, 4.69) is 47.4 Å². The molecule has 0 aliphatic rings. The highest BCUT2D eigenvalue weighted by molar-refractivity contribution is 7.99. The maximum absolute atomic E-state index is 14.1. The summed E-state index contributed by atoms with van der Waals surface area (Å²) in [7, 11) is 0. The third-order valence-corrected chi connectivity index (χ3v) is 12.5. The van der Waals surface area contributed by atoms with Gasteiger partial charge < -0.3 is 72.0 Å². The molecule has 5 unspecified atom stereocenters. The molecule has 0 fully saturated rings. The van der Waals surface area contributed by atoms with E-state index in [-0.39, 0.29) is 74.8 Å². The van der Waals surface area contributed by atoms with Crippen molar-refractivity contribution in [3.8, 4) is 0 Å². The molecule has 20 N–H and O–H groups in total. The van der Waals surface area contributed by atoms with E-state index in [0.717, 1.165) is 19.3 Å². The average molecular weight is 1040 g/mol. The van der Waals surface area contributed by atoms with Crippen molar-refractivity contribution in [1.29, 1.82) is 0 Å². The topological polar surface area (TPSA) is 398 Å². The number of rotatable bonds is 43. The molecular formula is C47H96FN19O4S. The van der Waals surface area contributed by atoms with Crippen molar-refractivity contribution >= 4 is 64.6 Å². The van der Waals surface area contributed by atoms with Crippen LogP contribution in [0.2, 0.25) is 0 Å². The lowest BCUT2D eigenvalue weighted by Gasteiger charge is -2.35. The molecule has 4 amide bonds. The zero-order valence-electron chi connectivity index (χ0n) is 44.4. The molecule has 0 aromatic carbocycles. The first-order valence-corrected chi connectivity index (χ1v) is 26.7. The highest BCUT2D eigenvalue weighted by atomic mass is 32.2. The number of halogens is 1. The summed E-state index contributed by atoms with van der Waals surface area (Å²) in [5, 5.41) is 5.77. The molecule has 23 nitrogen and oxygen atoms in total. The first-order valence-electron chi connectivity index (χ1n) is 25.6. The largest absolute Gasteiger partial charge is 0.388 e. The molecule has 0 radical (unpaired) electrons. The lowest BCUT2D eigenvalue weighted by Crippen LogP contribution is -2.53. The fraction of sp³-hybridized carbons (Fsp3) is 0.809. The number of aliphatic imine (C=N–C) groups is 5. The Bertz CT molecular complexity index is 1670. The van der Waals surface area contributed by atoms with Crippen molar-refractivity contribution in [2.45, 2.75) is 142 Å². The van der Waals surface area contributed by atoms with Crippen molar-refractivity contribution < 1.29 is 23.6 Å². The minimum atomic E-state index is -0.812. The van der Waals surface area contributed by atoms with E-state index in [0.29, 0.717) is 138 Å². The smallest absolute Gasteiger partial charge is 0.239 e. The maximum Gasteiger partial charge on any atom is 0.239 e. The van der Waals surface area contributed by atoms with E-state index in [1.807, 2.05) is 0 Å². The lowest BCUT2D eigenvalue weighted by molar-refractivity contribution is -0.133. The number of alkyl halides is 1. The second-order valence-corrected chi connectivity index (χ2v) is 19.4. The monoisotopic (exact) mass is 1040 g/mol. The molecule has 0 saturated carbocycles. The van der Waals surface area contributed by atoms with Crippen molar-refractivity contribution in [2.75, 3.05) is 103 Å². The van der Waals surface area contributed by atoms with Gasteiger partial charge in [-0.25, -0.2) is 4.39 Å². The van der Waals surface area contributed by atoms with Gasteiger partial charge in [0.15, 0.2) is 0 Å². The predicted octanol–water partition coefficient (Wildman–Crippen LogP) is -0.875. The summed E-state index contributed by atoms with van der Waals surface area (Å²) in [4.78, 5) is 80.8. The van der Waals surface area contributed by atoms with Crippen molar-refractivity contribution in [1.82, 2.24) is 25.3 Å². The van der Waals surface area contributed by atoms with Crippen LogP contribution in [-0.2, 0) is 19.2 Å². The number of hydrogen-bond acceptors (Lipinski definition) is 15. The Morgan fingerprint density at radius 1 is 0.500 bits per heavy atom. The van der Waals surface area contributed by atoms with Gasteiger partial charge in [-0.2, -0.15) is 11.8 Å². The molecule has 0 bridgehead atoms. The summed E-state index contributed by atoms with van der Waals surface area (Å²) in [5.41, 5.74) is 53.7. The highest BCUT2D eigenvalue weighted by Crippen LogP contribution is 2.13. The first kappa shape index (κ1) is 67.3. The number of hydrogen-bond donors (Lipinski definition) is 11. The molecule has 72 heavy (non-hydrogen) atoms. The fourth-order valence-corrected chi connectivity index (χ4v) is 8.01. The quantitative estimate of drug-likeness (QED) is 0.0201. The van der Waals surface area contributed by atoms with Gasteiger partial charge in [-0.1, -0.05) is 6.42 Å². The minimum Gasteiger partial charge on any atom is -0.388 e. The highest BCUT2D eigenvalue weighted by Gasteiger charge is 2.26. The maximum atomic E-state index is 14.1. The molecule has 0 heterocycles. The van der Waals surface area contributed by atoms with E-state index in [9.17, 15) is 23.6 Å². The van der Waals surface area contributed by atoms with Crippen LogP contribution in [-0.4, -0.2) is 201 Å². The Morgan fingerprint density at radius 3 is 1.29 bits per heavy atom. The van der Waals surface area contributed by atoms with Crippen LogP contribution < -0.4 is 62.2 Å². The van der Waals surface area contributed by atoms with Gasteiger partial charge in [0.1, 0.15) is 12.5 Å². The standard InChI is InChI=1S/C47H96FN19O4S/c1-34(14-6-10-18-58-35(2)49)65(28-30-67(47(71)41(55)17-9-12-20-60-37(4)51)26-23-64-45(69)42(56)33-72-31-24-61-38(5)52)27-29-66(46(70)40(54)16-8-11-19-59-36(3)50)25-22-63-44(68)39(53)15-7-13-21-62-43(57)32-48/h34,39-42H,6-33,53-56H2,1-5H3,(H2,49,58)(H2,50,59)(H2,51,60)(H2,52,61)(H2,57,62)(H,63,68)(H,64,69). The average Bonchev–Trinajstić information content (AvgIpc) is 3.32. The third-order valence-electron chi connectivity index (χ3n) is 11.5. The number of nitrogens with one attached hydrogen (secondary N) is 2. The number of thioether (sulfide) groups is 1. The molecule has 0 rings (SSSR count).